The van der Waals surface area contributed by atoms with E-state index >= 15 is 0 Å². The average Bonchev–Trinajstić information content (AvgIpc) is 2.74. The molecule has 1 amide bonds. The van der Waals surface area contributed by atoms with Gasteiger partial charge < -0.3 is 5.32 Å². The first-order chi connectivity index (χ1) is 14.2. The first-order valence-corrected chi connectivity index (χ1v) is 11.5. The number of carbonyl (C=O) groups excluding carboxylic acids is 1. The first kappa shape index (κ1) is 21.8. The molecule has 0 aliphatic rings. The smallest absolute Gasteiger partial charge is 0.251 e. The minimum atomic E-state index is -3.67. The van der Waals surface area contributed by atoms with E-state index in [4.69, 9.17) is 0 Å². The molecule has 1 atom stereocenters. The SMILES string of the molecule is CC(C)(C)c1ccc(C(=O)NC[C@@H](c2ccccc2)S(=O)(=O)c2ccccc2)cc1. The fourth-order valence-electron chi connectivity index (χ4n) is 3.26. The Morgan fingerprint density at radius 3 is 1.90 bits per heavy atom. The summed E-state index contributed by atoms with van der Waals surface area (Å²) in [5.74, 6) is -0.292. The number of rotatable bonds is 6. The van der Waals surface area contributed by atoms with Gasteiger partial charge in [0, 0.05) is 12.1 Å². The van der Waals surface area contributed by atoms with Crippen molar-refractivity contribution in [3.63, 3.8) is 0 Å². The van der Waals surface area contributed by atoms with Crippen molar-refractivity contribution in [3.8, 4) is 0 Å². The van der Waals surface area contributed by atoms with Gasteiger partial charge >= 0.3 is 0 Å². The number of amides is 1. The van der Waals surface area contributed by atoms with E-state index in [1.165, 1.54) is 0 Å². The van der Waals surface area contributed by atoms with Crippen LogP contribution in [-0.4, -0.2) is 20.9 Å². The fraction of sp³-hybridized carbons (Fsp3) is 0.240. The highest BCUT2D eigenvalue weighted by Gasteiger charge is 2.29. The van der Waals surface area contributed by atoms with Gasteiger partial charge in [-0.2, -0.15) is 0 Å². The van der Waals surface area contributed by atoms with Crippen LogP contribution in [0.4, 0.5) is 0 Å². The third-order valence-corrected chi connectivity index (χ3v) is 7.20. The molecule has 0 aromatic heterocycles. The second kappa shape index (κ2) is 8.84. The number of benzene rings is 3. The van der Waals surface area contributed by atoms with Crippen LogP contribution in [-0.2, 0) is 15.3 Å². The van der Waals surface area contributed by atoms with Gasteiger partial charge in [0.25, 0.3) is 5.91 Å². The molecule has 0 spiro atoms. The number of nitrogens with one attached hydrogen (secondary N) is 1. The Kier molecular flexibility index (Phi) is 6.42. The van der Waals surface area contributed by atoms with E-state index < -0.39 is 15.1 Å². The van der Waals surface area contributed by atoms with Crippen LogP contribution in [0.5, 0.6) is 0 Å². The van der Waals surface area contributed by atoms with E-state index in [1.54, 1.807) is 66.7 Å². The minimum absolute atomic E-state index is 0.00280. The summed E-state index contributed by atoms with van der Waals surface area (Å²) in [6.07, 6.45) is 0. The second-order valence-electron chi connectivity index (χ2n) is 8.29. The lowest BCUT2D eigenvalue weighted by atomic mass is 9.87. The Morgan fingerprint density at radius 2 is 1.37 bits per heavy atom. The Morgan fingerprint density at radius 1 is 0.833 bits per heavy atom. The molecule has 4 nitrogen and oxygen atoms in total. The monoisotopic (exact) mass is 421 g/mol. The average molecular weight is 422 g/mol. The van der Waals surface area contributed by atoms with Crippen LogP contribution in [0.3, 0.4) is 0 Å². The van der Waals surface area contributed by atoms with Crippen LogP contribution in [0, 0.1) is 0 Å². The first-order valence-electron chi connectivity index (χ1n) is 9.92. The largest absolute Gasteiger partial charge is 0.350 e. The molecule has 5 heteroatoms. The summed E-state index contributed by atoms with van der Waals surface area (Å²) in [4.78, 5) is 12.9. The maximum absolute atomic E-state index is 13.3. The van der Waals surface area contributed by atoms with Crippen molar-refractivity contribution in [2.24, 2.45) is 0 Å². The second-order valence-corrected chi connectivity index (χ2v) is 10.4. The van der Waals surface area contributed by atoms with E-state index in [1.807, 2.05) is 18.2 Å². The normalized spacial score (nSPS) is 12.9. The molecule has 0 heterocycles. The summed E-state index contributed by atoms with van der Waals surface area (Å²) in [7, 11) is -3.67. The zero-order valence-electron chi connectivity index (χ0n) is 17.5. The third-order valence-electron chi connectivity index (χ3n) is 5.08. The summed E-state index contributed by atoms with van der Waals surface area (Å²) >= 11 is 0. The maximum atomic E-state index is 13.3. The number of hydrogen-bond donors (Lipinski definition) is 1. The lowest BCUT2D eigenvalue weighted by Gasteiger charge is -2.20. The fourth-order valence-corrected chi connectivity index (χ4v) is 4.94. The van der Waals surface area contributed by atoms with Gasteiger partial charge in [0.05, 0.1) is 4.90 Å². The van der Waals surface area contributed by atoms with Crippen LogP contribution in [0.2, 0.25) is 0 Å². The Labute approximate surface area is 178 Å². The Balaban J connectivity index is 1.83. The Bertz CT molecular complexity index is 1080. The van der Waals surface area contributed by atoms with Crippen molar-refractivity contribution in [1.29, 1.82) is 0 Å². The van der Waals surface area contributed by atoms with Gasteiger partial charge in [0.1, 0.15) is 5.25 Å². The van der Waals surface area contributed by atoms with E-state index in [9.17, 15) is 13.2 Å². The molecule has 1 N–H and O–H groups in total. The van der Waals surface area contributed by atoms with Crippen LogP contribution >= 0.6 is 0 Å². The van der Waals surface area contributed by atoms with Crippen molar-refractivity contribution in [2.45, 2.75) is 36.3 Å². The lowest BCUT2D eigenvalue weighted by Crippen LogP contribution is -2.32. The van der Waals surface area contributed by atoms with Gasteiger partial charge in [0.15, 0.2) is 9.84 Å². The summed E-state index contributed by atoms with van der Waals surface area (Å²) < 4.78 is 26.6. The van der Waals surface area contributed by atoms with Crippen molar-refractivity contribution in [2.75, 3.05) is 6.54 Å². The molecule has 0 bridgehead atoms. The van der Waals surface area contributed by atoms with Gasteiger partial charge in [0.2, 0.25) is 0 Å². The standard InChI is InChI=1S/C25H27NO3S/c1-25(2,3)21-16-14-20(15-17-21)24(27)26-18-23(19-10-6-4-7-11-19)30(28,29)22-12-8-5-9-13-22/h4-17,23H,18H2,1-3H3,(H,26,27)/t23-/m0/s1. The molecule has 0 aliphatic carbocycles. The van der Waals surface area contributed by atoms with Crippen molar-refractivity contribution in [1.82, 2.24) is 5.32 Å². The lowest BCUT2D eigenvalue weighted by molar-refractivity contribution is 0.0953. The zero-order valence-corrected chi connectivity index (χ0v) is 18.3. The predicted octanol–water partition coefficient (Wildman–Crippen LogP) is 4.93. The summed E-state index contributed by atoms with van der Waals surface area (Å²) in [5.41, 5.74) is 2.28. The number of sulfone groups is 1. The highest BCUT2D eigenvalue weighted by molar-refractivity contribution is 7.91. The van der Waals surface area contributed by atoms with E-state index in [0.717, 1.165) is 5.56 Å². The van der Waals surface area contributed by atoms with Crippen molar-refractivity contribution in [3.05, 3.63) is 102 Å². The van der Waals surface area contributed by atoms with Gasteiger partial charge in [-0.15, -0.1) is 0 Å². The highest BCUT2D eigenvalue weighted by Crippen LogP contribution is 2.28. The van der Waals surface area contributed by atoms with Gasteiger partial charge in [-0.1, -0.05) is 81.4 Å². The summed E-state index contributed by atoms with van der Waals surface area (Å²) in [5, 5.41) is 1.94. The summed E-state index contributed by atoms with van der Waals surface area (Å²) in [6, 6.07) is 24.7. The predicted molar refractivity (Wildman–Crippen MR) is 120 cm³/mol. The summed E-state index contributed by atoms with van der Waals surface area (Å²) in [6.45, 7) is 6.32. The van der Waals surface area contributed by atoms with Gasteiger partial charge in [-0.25, -0.2) is 8.42 Å². The third kappa shape index (κ3) is 4.97. The van der Waals surface area contributed by atoms with Gasteiger partial charge in [-0.05, 0) is 40.8 Å². The number of carbonyl (C=O) groups is 1. The van der Waals surface area contributed by atoms with E-state index in [2.05, 4.69) is 26.1 Å². The molecule has 0 fully saturated rings. The molecule has 0 saturated heterocycles. The zero-order chi connectivity index (χ0) is 21.8. The number of hydrogen-bond acceptors (Lipinski definition) is 3. The van der Waals surface area contributed by atoms with E-state index in [-0.39, 0.29) is 22.8 Å². The van der Waals surface area contributed by atoms with Gasteiger partial charge in [-0.3, -0.25) is 4.79 Å². The van der Waals surface area contributed by atoms with Crippen LogP contribution < -0.4 is 5.32 Å². The molecule has 3 aromatic carbocycles. The van der Waals surface area contributed by atoms with E-state index in [0.29, 0.717) is 11.1 Å². The topological polar surface area (TPSA) is 63.2 Å². The molecule has 30 heavy (non-hydrogen) atoms. The molecule has 0 saturated carbocycles. The molecule has 3 aromatic rings. The van der Waals surface area contributed by atoms with Crippen LogP contribution in [0.25, 0.3) is 0 Å². The van der Waals surface area contributed by atoms with Crippen LogP contribution in [0.15, 0.2) is 89.8 Å². The van der Waals surface area contributed by atoms with Crippen LogP contribution in [0.1, 0.15) is 47.5 Å². The maximum Gasteiger partial charge on any atom is 0.251 e. The molecule has 0 aliphatic heterocycles. The minimum Gasteiger partial charge on any atom is -0.350 e. The Hall–Kier alpha value is -2.92. The quantitative estimate of drug-likeness (QED) is 0.614. The molecule has 0 radical (unpaired) electrons. The molecular weight excluding hydrogens is 394 g/mol. The van der Waals surface area contributed by atoms with Crippen molar-refractivity contribution >= 4 is 15.7 Å². The molecule has 156 valence electrons. The molecular formula is C25H27NO3S. The van der Waals surface area contributed by atoms with Crippen molar-refractivity contribution < 1.29 is 13.2 Å². The highest BCUT2D eigenvalue weighted by atomic mass is 32.2. The molecule has 0 unspecified atom stereocenters. The molecule has 3 rings (SSSR count).